The van der Waals surface area contributed by atoms with Crippen molar-refractivity contribution >= 4 is 5.97 Å². The molecule has 3 nitrogen and oxygen atoms in total. The summed E-state index contributed by atoms with van der Waals surface area (Å²) >= 11 is 0. The molecule has 2 N–H and O–H groups in total. The molecular weight excluding hydrogens is 202 g/mol. The van der Waals surface area contributed by atoms with E-state index in [4.69, 9.17) is 16.9 Å². The summed E-state index contributed by atoms with van der Waals surface area (Å²) in [6.45, 7) is 0.234. The highest BCUT2D eigenvalue weighted by Gasteiger charge is 2.14. The lowest BCUT2D eigenvalue weighted by Crippen LogP contribution is -2.34. The molecule has 0 heterocycles. The van der Waals surface area contributed by atoms with E-state index in [0.29, 0.717) is 12.8 Å². The Balaban J connectivity index is 2.38. The Kier molecular flexibility index (Phi) is 5.10. The van der Waals surface area contributed by atoms with Crippen LogP contribution in [0.5, 0.6) is 0 Å². The number of hydrogen-bond acceptors (Lipinski definition) is 3. The van der Waals surface area contributed by atoms with Crippen LogP contribution in [0.4, 0.5) is 0 Å². The van der Waals surface area contributed by atoms with E-state index in [1.165, 1.54) is 0 Å². The van der Waals surface area contributed by atoms with Crippen molar-refractivity contribution in [3.05, 3.63) is 35.9 Å². The van der Waals surface area contributed by atoms with Crippen LogP contribution in [0.15, 0.2) is 30.3 Å². The molecule has 3 heteroatoms. The van der Waals surface area contributed by atoms with Gasteiger partial charge in [0.05, 0.1) is 0 Å². The van der Waals surface area contributed by atoms with Crippen LogP contribution >= 0.6 is 0 Å². The highest BCUT2D eigenvalue weighted by atomic mass is 16.5. The minimum absolute atomic E-state index is 0.234. The summed E-state index contributed by atoms with van der Waals surface area (Å²) < 4.78 is 4.91. The van der Waals surface area contributed by atoms with Gasteiger partial charge in [-0.3, -0.25) is 4.79 Å². The molecule has 0 aromatic heterocycles. The van der Waals surface area contributed by atoms with Crippen LogP contribution in [0.1, 0.15) is 12.0 Å². The van der Waals surface area contributed by atoms with E-state index in [9.17, 15) is 4.79 Å². The van der Waals surface area contributed by atoms with E-state index in [1.54, 1.807) is 0 Å². The Hall–Kier alpha value is -1.79. The molecule has 0 bridgehead atoms. The van der Waals surface area contributed by atoms with Gasteiger partial charge < -0.3 is 10.5 Å². The number of rotatable bonds is 5. The molecule has 0 aliphatic rings. The standard InChI is InChI=1S/C13H15NO2/c1-2-3-9-16-13(15)12(14)10-11-7-5-4-6-8-11/h1,4-8,12H,3,9-10,14H2/t12-/m0/s1. The van der Waals surface area contributed by atoms with Gasteiger partial charge in [0.25, 0.3) is 0 Å². The largest absolute Gasteiger partial charge is 0.464 e. The molecule has 0 saturated heterocycles. The fourth-order valence-corrected chi connectivity index (χ4v) is 1.27. The third-order valence-corrected chi connectivity index (χ3v) is 2.09. The summed E-state index contributed by atoms with van der Waals surface area (Å²) in [7, 11) is 0. The average Bonchev–Trinajstić information content (AvgIpc) is 2.30. The molecule has 1 aromatic rings. The zero-order valence-corrected chi connectivity index (χ0v) is 9.06. The number of terminal acetylenes is 1. The summed E-state index contributed by atoms with van der Waals surface area (Å²) in [6.07, 6.45) is 5.94. The molecule has 16 heavy (non-hydrogen) atoms. The van der Waals surface area contributed by atoms with E-state index in [1.807, 2.05) is 30.3 Å². The van der Waals surface area contributed by atoms with Crippen molar-refractivity contribution in [2.75, 3.05) is 6.61 Å². The van der Waals surface area contributed by atoms with Gasteiger partial charge in [0.15, 0.2) is 0 Å². The van der Waals surface area contributed by atoms with Crippen LogP contribution in [-0.4, -0.2) is 18.6 Å². The van der Waals surface area contributed by atoms with Crippen molar-refractivity contribution < 1.29 is 9.53 Å². The van der Waals surface area contributed by atoms with Gasteiger partial charge in [0.1, 0.15) is 12.6 Å². The molecule has 1 atom stereocenters. The van der Waals surface area contributed by atoms with Gasteiger partial charge in [-0.25, -0.2) is 0 Å². The van der Waals surface area contributed by atoms with Gasteiger partial charge in [0.2, 0.25) is 0 Å². The first-order chi connectivity index (χ1) is 7.74. The van der Waals surface area contributed by atoms with Crippen molar-refractivity contribution in [3.8, 4) is 12.3 Å². The van der Waals surface area contributed by atoms with Crippen LogP contribution in [0.2, 0.25) is 0 Å². The number of nitrogens with two attached hydrogens (primary N) is 1. The van der Waals surface area contributed by atoms with Gasteiger partial charge in [-0.1, -0.05) is 30.3 Å². The topological polar surface area (TPSA) is 52.3 Å². The molecule has 0 radical (unpaired) electrons. The Morgan fingerprint density at radius 3 is 2.75 bits per heavy atom. The molecular formula is C13H15NO2. The summed E-state index contributed by atoms with van der Waals surface area (Å²) in [5, 5.41) is 0. The summed E-state index contributed by atoms with van der Waals surface area (Å²) in [5.74, 6) is 1.99. The second-order valence-corrected chi connectivity index (χ2v) is 3.42. The third-order valence-electron chi connectivity index (χ3n) is 2.09. The second-order valence-electron chi connectivity index (χ2n) is 3.42. The van der Waals surface area contributed by atoms with Gasteiger partial charge >= 0.3 is 5.97 Å². The SMILES string of the molecule is C#CCCOC(=O)[C@@H](N)Cc1ccccc1. The summed E-state index contributed by atoms with van der Waals surface area (Å²) in [6, 6.07) is 8.96. The Labute approximate surface area is 95.6 Å². The molecule has 0 amide bonds. The smallest absolute Gasteiger partial charge is 0.323 e. The molecule has 0 unspecified atom stereocenters. The zero-order valence-electron chi connectivity index (χ0n) is 9.06. The Morgan fingerprint density at radius 1 is 1.44 bits per heavy atom. The lowest BCUT2D eigenvalue weighted by molar-refractivity contribution is -0.144. The van der Waals surface area contributed by atoms with E-state index < -0.39 is 12.0 Å². The van der Waals surface area contributed by atoms with Crippen molar-refractivity contribution in [2.24, 2.45) is 5.73 Å². The van der Waals surface area contributed by atoms with E-state index in [2.05, 4.69) is 5.92 Å². The lowest BCUT2D eigenvalue weighted by atomic mass is 10.1. The fraction of sp³-hybridized carbons (Fsp3) is 0.308. The highest BCUT2D eigenvalue weighted by molar-refractivity contribution is 5.75. The fourth-order valence-electron chi connectivity index (χ4n) is 1.27. The highest BCUT2D eigenvalue weighted by Crippen LogP contribution is 2.02. The number of carbonyl (C=O) groups is 1. The first-order valence-corrected chi connectivity index (χ1v) is 5.13. The maximum absolute atomic E-state index is 11.4. The minimum Gasteiger partial charge on any atom is -0.464 e. The van der Waals surface area contributed by atoms with Crippen LogP contribution in [-0.2, 0) is 16.0 Å². The van der Waals surface area contributed by atoms with Crippen molar-refractivity contribution in [1.82, 2.24) is 0 Å². The molecule has 84 valence electrons. The molecule has 1 aromatic carbocycles. The van der Waals surface area contributed by atoms with Gasteiger partial charge in [-0.05, 0) is 12.0 Å². The predicted molar refractivity (Wildman–Crippen MR) is 62.5 cm³/mol. The van der Waals surface area contributed by atoms with Gasteiger partial charge in [-0.15, -0.1) is 12.3 Å². The van der Waals surface area contributed by atoms with E-state index in [-0.39, 0.29) is 6.61 Å². The van der Waals surface area contributed by atoms with Crippen LogP contribution < -0.4 is 5.73 Å². The molecule has 0 spiro atoms. The minimum atomic E-state index is -0.625. The Morgan fingerprint density at radius 2 is 2.12 bits per heavy atom. The molecule has 1 rings (SSSR count). The first kappa shape index (κ1) is 12.3. The average molecular weight is 217 g/mol. The molecule has 0 fully saturated rings. The Bertz CT molecular complexity index is 367. The summed E-state index contributed by atoms with van der Waals surface area (Å²) in [5.41, 5.74) is 6.72. The number of hydrogen-bond donors (Lipinski definition) is 1. The maximum Gasteiger partial charge on any atom is 0.323 e. The monoisotopic (exact) mass is 217 g/mol. The lowest BCUT2D eigenvalue weighted by Gasteiger charge is -2.10. The number of carbonyl (C=O) groups excluding carboxylic acids is 1. The maximum atomic E-state index is 11.4. The first-order valence-electron chi connectivity index (χ1n) is 5.13. The van der Waals surface area contributed by atoms with E-state index >= 15 is 0 Å². The van der Waals surface area contributed by atoms with Gasteiger partial charge in [-0.2, -0.15) is 0 Å². The van der Waals surface area contributed by atoms with Gasteiger partial charge in [0, 0.05) is 6.42 Å². The normalized spacial score (nSPS) is 11.5. The summed E-state index contributed by atoms with van der Waals surface area (Å²) in [4.78, 5) is 11.4. The van der Waals surface area contributed by atoms with Crippen LogP contribution in [0, 0.1) is 12.3 Å². The van der Waals surface area contributed by atoms with Crippen LogP contribution in [0.3, 0.4) is 0 Å². The molecule has 0 aliphatic heterocycles. The predicted octanol–water partition coefficient (Wildman–Crippen LogP) is 1.12. The van der Waals surface area contributed by atoms with Crippen molar-refractivity contribution in [1.29, 1.82) is 0 Å². The number of esters is 1. The zero-order chi connectivity index (χ0) is 11.8. The van der Waals surface area contributed by atoms with Crippen LogP contribution in [0.25, 0.3) is 0 Å². The van der Waals surface area contributed by atoms with Crippen molar-refractivity contribution in [3.63, 3.8) is 0 Å². The third kappa shape index (κ3) is 4.16. The second kappa shape index (κ2) is 6.65. The van der Waals surface area contributed by atoms with E-state index in [0.717, 1.165) is 5.56 Å². The number of ether oxygens (including phenoxy) is 1. The molecule has 0 saturated carbocycles. The van der Waals surface area contributed by atoms with Crippen molar-refractivity contribution in [2.45, 2.75) is 18.9 Å². The number of benzene rings is 1. The molecule has 0 aliphatic carbocycles. The quantitative estimate of drug-likeness (QED) is 0.457.